The molecule has 0 aliphatic heterocycles. The van der Waals surface area contributed by atoms with Crippen LogP contribution in [0.25, 0.3) is 21.9 Å². The highest BCUT2D eigenvalue weighted by atomic mass is 28.2. The number of fused-ring (bicyclic) bond motifs is 1. The average Bonchev–Trinajstić information content (AvgIpc) is 2.72. The third kappa shape index (κ3) is 3.77. The van der Waals surface area contributed by atoms with Gasteiger partial charge in [0.15, 0.2) is 0 Å². The van der Waals surface area contributed by atoms with Gasteiger partial charge >= 0.3 is 0 Å². The van der Waals surface area contributed by atoms with Crippen molar-refractivity contribution in [3.05, 3.63) is 101 Å². The van der Waals surface area contributed by atoms with E-state index in [-0.39, 0.29) is 5.56 Å². The fraction of sp³-hybridized carbons (Fsp3) is 0.0870. The van der Waals surface area contributed by atoms with E-state index < -0.39 is 9.68 Å². The molecule has 1 heterocycles. The Kier molecular flexibility index (Phi) is 5.00. The highest BCUT2D eigenvalue weighted by Gasteiger charge is 2.09. The molecule has 0 atom stereocenters. The minimum atomic E-state index is -0.569. The molecule has 1 aromatic heterocycles. The van der Waals surface area contributed by atoms with Crippen LogP contribution in [0.3, 0.4) is 0 Å². The van der Waals surface area contributed by atoms with Crippen molar-refractivity contribution in [2.24, 2.45) is 7.05 Å². The molecule has 4 rings (SSSR count). The average molecular weight is 371 g/mol. The molecule has 0 saturated carbocycles. The molecule has 0 amide bonds. The topological polar surface area (TPSA) is 34.0 Å². The van der Waals surface area contributed by atoms with Gasteiger partial charge in [0.05, 0.1) is 0 Å². The molecule has 0 bridgehead atoms. The maximum Gasteiger partial charge on any atom is 0.258 e. The Morgan fingerprint density at radius 2 is 1.63 bits per heavy atom. The normalized spacial score (nSPS) is 11.4. The minimum absolute atomic E-state index is 0.0457. The fourth-order valence-corrected chi connectivity index (χ4v) is 4.72. The number of aromatic nitrogens is 1. The summed E-state index contributed by atoms with van der Waals surface area (Å²) in [6.45, 7) is 0.903. The molecule has 3 nitrogen and oxygen atoms in total. The summed E-state index contributed by atoms with van der Waals surface area (Å²) in [7, 11) is 1.25. The van der Waals surface area contributed by atoms with E-state index in [4.69, 9.17) is 0 Å². The largest absolute Gasteiger partial charge is 0.335 e. The lowest BCUT2D eigenvalue weighted by Crippen LogP contribution is -2.29. The summed E-state index contributed by atoms with van der Waals surface area (Å²) in [6, 6.07) is 27.0. The molecule has 0 unspecified atom stereocenters. The van der Waals surface area contributed by atoms with Crippen molar-refractivity contribution in [2.75, 3.05) is 0 Å². The van der Waals surface area contributed by atoms with Crippen LogP contribution in [0.15, 0.2) is 89.9 Å². The van der Waals surface area contributed by atoms with Gasteiger partial charge in [0.2, 0.25) is 0 Å². The van der Waals surface area contributed by atoms with Crippen molar-refractivity contribution < 1.29 is 0 Å². The van der Waals surface area contributed by atoms with E-state index >= 15 is 0 Å². The van der Waals surface area contributed by atoms with E-state index in [9.17, 15) is 4.79 Å². The third-order valence-corrected chi connectivity index (χ3v) is 6.18. The van der Waals surface area contributed by atoms with Crippen LogP contribution in [-0.4, -0.2) is 14.2 Å². The first-order chi connectivity index (χ1) is 13.2. The number of hydrogen-bond acceptors (Lipinski definition) is 2. The van der Waals surface area contributed by atoms with Gasteiger partial charge < -0.3 is 9.55 Å². The van der Waals surface area contributed by atoms with Crippen molar-refractivity contribution in [1.29, 1.82) is 0 Å². The van der Waals surface area contributed by atoms with Gasteiger partial charge in [-0.15, -0.1) is 0 Å². The zero-order chi connectivity index (χ0) is 18.6. The van der Waals surface area contributed by atoms with Crippen LogP contribution in [0, 0.1) is 0 Å². The fourth-order valence-electron chi connectivity index (χ4n) is 3.44. The molecular formula is C23H22N2OSi. The first-order valence-electron chi connectivity index (χ1n) is 9.15. The Morgan fingerprint density at radius 1 is 0.889 bits per heavy atom. The van der Waals surface area contributed by atoms with Gasteiger partial charge in [-0.05, 0) is 27.8 Å². The van der Waals surface area contributed by atoms with Crippen molar-refractivity contribution in [3.63, 3.8) is 0 Å². The van der Waals surface area contributed by atoms with E-state index in [0.717, 1.165) is 28.4 Å². The highest BCUT2D eigenvalue weighted by Crippen LogP contribution is 2.25. The number of aryl methyl sites for hydroxylation is 1. The molecule has 3 aromatic carbocycles. The lowest BCUT2D eigenvalue weighted by molar-refractivity contribution is 0.875. The summed E-state index contributed by atoms with van der Waals surface area (Å²) >= 11 is 0. The second kappa shape index (κ2) is 7.74. The van der Waals surface area contributed by atoms with Crippen LogP contribution < -0.4 is 15.7 Å². The molecule has 0 fully saturated rings. The van der Waals surface area contributed by atoms with Gasteiger partial charge in [-0.3, -0.25) is 4.79 Å². The van der Waals surface area contributed by atoms with Crippen LogP contribution >= 0.6 is 0 Å². The zero-order valence-corrected chi connectivity index (χ0v) is 16.8. The molecule has 0 saturated heterocycles. The smallest absolute Gasteiger partial charge is 0.258 e. The lowest BCUT2D eigenvalue weighted by Gasteiger charge is -2.11. The number of pyridine rings is 1. The van der Waals surface area contributed by atoms with E-state index in [0.29, 0.717) is 0 Å². The molecule has 0 spiro atoms. The lowest BCUT2D eigenvalue weighted by atomic mass is 10.0. The molecule has 0 aliphatic rings. The monoisotopic (exact) mass is 370 g/mol. The number of benzene rings is 3. The van der Waals surface area contributed by atoms with Crippen LogP contribution in [-0.2, 0) is 13.6 Å². The quantitative estimate of drug-likeness (QED) is 0.548. The molecular weight excluding hydrogens is 348 g/mol. The molecule has 27 heavy (non-hydrogen) atoms. The number of nitrogens with one attached hydrogen (secondary N) is 1. The number of nitrogens with zero attached hydrogens (tertiary/aromatic N) is 1. The molecule has 4 aromatic rings. The van der Waals surface area contributed by atoms with Gasteiger partial charge in [-0.1, -0.05) is 72.8 Å². The Morgan fingerprint density at radius 3 is 2.44 bits per heavy atom. The minimum Gasteiger partial charge on any atom is -0.335 e. The summed E-state index contributed by atoms with van der Waals surface area (Å²) < 4.78 is 1.68. The van der Waals surface area contributed by atoms with Gasteiger partial charge in [0.25, 0.3) is 5.56 Å². The van der Waals surface area contributed by atoms with Crippen molar-refractivity contribution in [1.82, 2.24) is 9.55 Å². The van der Waals surface area contributed by atoms with Crippen LogP contribution in [0.5, 0.6) is 0 Å². The SMILES string of the molecule is Cn1cc(-c2cccc([SiH2]NCc3ccccc3)c2)c2ccccc2c1=O. The van der Waals surface area contributed by atoms with Gasteiger partial charge in [0, 0.05) is 30.7 Å². The van der Waals surface area contributed by atoms with Gasteiger partial charge in [-0.2, -0.15) is 0 Å². The Hall–Kier alpha value is -2.95. The second-order valence-corrected chi connectivity index (χ2v) is 8.46. The predicted octanol–water partition coefficient (Wildman–Crippen LogP) is 2.70. The van der Waals surface area contributed by atoms with Crippen LogP contribution in [0.4, 0.5) is 0 Å². The summed E-state index contributed by atoms with van der Waals surface area (Å²) in [5, 5.41) is 3.14. The Labute approximate surface area is 161 Å². The molecule has 1 N–H and O–H groups in total. The maximum atomic E-state index is 12.4. The summed E-state index contributed by atoms with van der Waals surface area (Å²) in [5.41, 5.74) is 3.62. The van der Waals surface area contributed by atoms with E-state index in [1.54, 1.807) is 4.57 Å². The zero-order valence-electron chi connectivity index (χ0n) is 15.4. The first-order valence-corrected chi connectivity index (χ1v) is 10.6. The van der Waals surface area contributed by atoms with E-state index in [1.165, 1.54) is 10.8 Å². The molecule has 134 valence electrons. The molecule has 0 radical (unpaired) electrons. The highest BCUT2D eigenvalue weighted by molar-refractivity contribution is 6.50. The van der Waals surface area contributed by atoms with Crippen LogP contribution in [0.2, 0.25) is 0 Å². The second-order valence-electron chi connectivity index (χ2n) is 6.79. The summed E-state index contributed by atoms with van der Waals surface area (Å²) in [4.78, 5) is 16.1. The van der Waals surface area contributed by atoms with E-state index in [2.05, 4.69) is 53.5 Å². The van der Waals surface area contributed by atoms with Crippen molar-refractivity contribution in [2.45, 2.75) is 6.54 Å². The third-order valence-electron chi connectivity index (χ3n) is 4.83. The van der Waals surface area contributed by atoms with Crippen molar-refractivity contribution in [3.8, 4) is 11.1 Å². The van der Waals surface area contributed by atoms with E-state index in [1.807, 2.05) is 43.6 Å². The van der Waals surface area contributed by atoms with Crippen molar-refractivity contribution >= 4 is 25.6 Å². The first kappa shape index (κ1) is 17.5. The Bertz CT molecular complexity index is 1140. The van der Waals surface area contributed by atoms with Gasteiger partial charge in [-0.25, -0.2) is 0 Å². The standard InChI is InChI=1S/C23H22N2OSi/c1-25-16-22(20-12-5-6-13-21(20)23(25)26)18-10-7-11-19(14-18)27-24-15-17-8-3-2-4-9-17/h2-14,16,24H,15,27H2,1H3. The van der Waals surface area contributed by atoms with Crippen LogP contribution in [0.1, 0.15) is 5.56 Å². The molecule has 0 aliphatic carbocycles. The molecule has 4 heteroatoms. The summed E-state index contributed by atoms with van der Waals surface area (Å²) in [6.07, 6.45) is 1.95. The maximum absolute atomic E-state index is 12.4. The van der Waals surface area contributed by atoms with Gasteiger partial charge in [0.1, 0.15) is 9.68 Å². The number of rotatable bonds is 5. The number of hydrogen-bond donors (Lipinski definition) is 1. The summed E-state index contributed by atoms with van der Waals surface area (Å²) in [5.74, 6) is 0. The predicted molar refractivity (Wildman–Crippen MR) is 116 cm³/mol. The Balaban J connectivity index is 1.62.